The number of H-pyrrole nitrogens is 2. The number of aromatic amines is 2. The van der Waals surface area contributed by atoms with Crippen LogP contribution in [-0.4, -0.2) is 69.0 Å². The first-order chi connectivity index (χ1) is 21.7. The Kier molecular flexibility index (Phi) is 9.38. The zero-order valence-corrected chi connectivity index (χ0v) is 26.3. The van der Waals surface area contributed by atoms with E-state index in [1.807, 2.05) is 18.7 Å². The van der Waals surface area contributed by atoms with Crippen molar-refractivity contribution in [2.24, 2.45) is 0 Å². The zero-order valence-electron chi connectivity index (χ0n) is 24.8. The normalized spacial score (nSPS) is 17.5. The van der Waals surface area contributed by atoms with Gasteiger partial charge >= 0.3 is 11.9 Å². The second-order valence-corrected chi connectivity index (χ2v) is 11.9. The monoisotopic (exact) mass is 685 g/mol. The molecule has 4 aromatic rings. The van der Waals surface area contributed by atoms with Gasteiger partial charge in [0, 0.05) is 48.0 Å². The van der Waals surface area contributed by atoms with Gasteiger partial charge in [0.15, 0.2) is 11.6 Å². The Morgan fingerprint density at radius 1 is 1.15 bits per heavy atom. The number of methoxy groups -OCH3 is 1. The standard InChI is InChI=1S/C29H29Cl2F4N7O4/c1-14-9-40(10-15(2)42(14)12-22-37-28(45)39-38-22)24-21(32)7-18-23(26(24)46-3)41(13-29(33,34)35)11-19(25(18)43)27(44)36-8-16-4-5-17(30)6-20(16)31/h4-7,11,14-15H,8-10,12-13H2,1-3H3,(H,36,44)(H2,37,38,39,45)/t14-,15+. The van der Waals surface area contributed by atoms with Crippen LogP contribution in [0, 0.1) is 5.82 Å². The number of rotatable bonds is 8. The Hall–Kier alpha value is -4.08. The molecule has 1 amide bonds. The summed E-state index contributed by atoms with van der Waals surface area (Å²) in [5.74, 6) is -1.75. The van der Waals surface area contributed by atoms with Crippen LogP contribution in [0.5, 0.6) is 5.75 Å². The van der Waals surface area contributed by atoms with E-state index in [0.717, 1.165) is 12.3 Å². The topological polar surface area (TPSA) is 128 Å². The number of carbonyl (C=O) groups excluding carboxylic acids is 1. The maximum Gasteiger partial charge on any atom is 0.406 e. The van der Waals surface area contributed by atoms with Gasteiger partial charge in [-0.3, -0.25) is 19.5 Å². The number of nitrogens with zero attached hydrogens (tertiary/aromatic N) is 4. The van der Waals surface area contributed by atoms with Crippen LogP contribution in [-0.2, 0) is 19.6 Å². The van der Waals surface area contributed by atoms with Crippen LogP contribution in [0.1, 0.15) is 35.6 Å². The molecule has 3 heterocycles. The van der Waals surface area contributed by atoms with Gasteiger partial charge in [0.1, 0.15) is 23.6 Å². The van der Waals surface area contributed by atoms with Gasteiger partial charge in [0.25, 0.3) is 5.91 Å². The minimum Gasteiger partial charge on any atom is -0.492 e. The highest BCUT2D eigenvalue weighted by Gasteiger charge is 2.36. The van der Waals surface area contributed by atoms with Gasteiger partial charge in [-0.05, 0) is 37.6 Å². The van der Waals surface area contributed by atoms with Crippen molar-refractivity contribution in [2.75, 3.05) is 25.1 Å². The van der Waals surface area contributed by atoms with E-state index in [0.29, 0.717) is 27.5 Å². The fraction of sp³-hybridized carbons (Fsp3) is 0.379. The van der Waals surface area contributed by atoms with Crippen molar-refractivity contribution in [1.82, 2.24) is 30.0 Å². The third-order valence-electron chi connectivity index (χ3n) is 7.80. The quantitative estimate of drug-likeness (QED) is 0.234. The molecule has 17 heteroatoms. The van der Waals surface area contributed by atoms with Crippen molar-refractivity contribution in [2.45, 2.75) is 51.7 Å². The smallest absolute Gasteiger partial charge is 0.406 e. The van der Waals surface area contributed by atoms with E-state index >= 15 is 4.39 Å². The van der Waals surface area contributed by atoms with E-state index in [-0.39, 0.29) is 53.7 Å². The Bertz CT molecular complexity index is 1900. The number of amides is 1. The molecule has 246 valence electrons. The van der Waals surface area contributed by atoms with Gasteiger partial charge in [0.05, 0.1) is 24.6 Å². The molecule has 1 fully saturated rings. The number of alkyl halides is 3. The Morgan fingerprint density at radius 3 is 2.43 bits per heavy atom. The minimum atomic E-state index is -4.77. The van der Waals surface area contributed by atoms with Crippen LogP contribution in [0.25, 0.3) is 10.9 Å². The lowest BCUT2D eigenvalue weighted by Crippen LogP contribution is -2.56. The van der Waals surface area contributed by atoms with Gasteiger partial charge in [-0.1, -0.05) is 29.3 Å². The molecule has 46 heavy (non-hydrogen) atoms. The molecule has 0 radical (unpaired) electrons. The predicted molar refractivity (Wildman–Crippen MR) is 164 cm³/mol. The average Bonchev–Trinajstić information content (AvgIpc) is 3.38. The van der Waals surface area contributed by atoms with Gasteiger partial charge in [0.2, 0.25) is 5.43 Å². The Labute approximate surface area is 269 Å². The van der Waals surface area contributed by atoms with Gasteiger partial charge < -0.3 is 19.5 Å². The van der Waals surface area contributed by atoms with Crippen molar-refractivity contribution in [3.8, 4) is 5.75 Å². The largest absolute Gasteiger partial charge is 0.492 e. The predicted octanol–water partition coefficient (Wildman–Crippen LogP) is 4.46. The molecule has 0 spiro atoms. The first kappa shape index (κ1) is 33.3. The van der Waals surface area contributed by atoms with Gasteiger partial charge in [-0.25, -0.2) is 14.3 Å². The van der Waals surface area contributed by atoms with E-state index in [2.05, 4.69) is 20.5 Å². The molecule has 1 aliphatic heterocycles. The number of fused-ring (bicyclic) bond motifs is 1. The molecule has 0 unspecified atom stereocenters. The lowest BCUT2D eigenvalue weighted by atomic mass is 10.0. The average molecular weight is 686 g/mol. The molecular formula is C29H29Cl2F4N7O4. The molecule has 5 rings (SSSR count). The zero-order chi connectivity index (χ0) is 33.5. The highest BCUT2D eigenvalue weighted by Crippen LogP contribution is 2.40. The van der Waals surface area contributed by atoms with Crippen LogP contribution in [0.4, 0.5) is 23.2 Å². The number of aromatic nitrogens is 4. The molecule has 2 aromatic heterocycles. The summed E-state index contributed by atoms with van der Waals surface area (Å²) in [6.07, 6.45) is -3.97. The van der Waals surface area contributed by atoms with E-state index in [9.17, 15) is 27.6 Å². The highest BCUT2D eigenvalue weighted by atomic mass is 35.5. The van der Waals surface area contributed by atoms with Crippen LogP contribution in [0.3, 0.4) is 0 Å². The molecule has 0 bridgehead atoms. The minimum absolute atomic E-state index is 0.119. The van der Waals surface area contributed by atoms with Crippen molar-refractivity contribution in [1.29, 1.82) is 0 Å². The molecule has 3 N–H and O–H groups in total. The number of carbonyl (C=O) groups is 1. The first-order valence-corrected chi connectivity index (χ1v) is 14.8. The molecule has 1 saturated heterocycles. The van der Waals surface area contributed by atoms with E-state index < -0.39 is 46.5 Å². The van der Waals surface area contributed by atoms with Crippen molar-refractivity contribution >= 4 is 45.7 Å². The fourth-order valence-corrected chi connectivity index (χ4v) is 6.27. The summed E-state index contributed by atoms with van der Waals surface area (Å²) in [6.45, 7) is 2.77. The summed E-state index contributed by atoms with van der Waals surface area (Å²) >= 11 is 12.1. The fourth-order valence-electron chi connectivity index (χ4n) is 5.80. The van der Waals surface area contributed by atoms with E-state index in [1.165, 1.54) is 19.2 Å². The van der Waals surface area contributed by atoms with Gasteiger partial charge in [-0.2, -0.15) is 18.3 Å². The van der Waals surface area contributed by atoms with E-state index in [1.54, 1.807) is 11.0 Å². The summed E-state index contributed by atoms with van der Waals surface area (Å²) in [7, 11) is 1.17. The number of pyridine rings is 1. The molecule has 2 atom stereocenters. The molecule has 0 saturated carbocycles. The van der Waals surface area contributed by atoms with Crippen molar-refractivity contribution in [3.05, 3.63) is 84.0 Å². The number of hydrogen-bond acceptors (Lipinski definition) is 7. The SMILES string of the molecule is COc1c(N2C[C@@H](C)N(Cc3n[nH]c(=O)[nH]3)[C@@H](C)C2)c(F)cc2c(=O)c(C(=O)NCc3ccc(Cl)cc3Cl)cn(CC(F)(F)F)c12. The van der Waals surface area contributed by atoms with Crippen LogP contribution >= 0.6 is 23.2 Å². The number of halogens is 6. The number of benzene rings is 2. The van der Waals surface area contributed by atoms with E-state index in [4.69, 9.17) is 27.9 Å². The number of nitrogens with one attached hydrogen (secondary N) is 3. The summed E-state index contributed by atoms with van der Waals surface area (Å²) < 4.78 is 63.8. The number of hydrogen-bond donors (Lipinski definition) is 3. The van der Waals surface area contributed by atoms with Crippen LogP contribution < -0.4 is 26.1 Å². The Balaban J connectivity index is 1.54. The lowest BCUT2D eigenvalue weighted by Gasteiger charge is -2.45. The lowest BCUT2D eigenvalue weighted by molar-refractivity contribution is -0.140. The summed E-state index contributed by atoms with van der Waals surface area (Å²) in [6, 6.07) is 4.94. The molecule has 0 aliphatic carbocycles. The summed E-state index contributed by atoms with van der Waals surface area (Å²) in [4.78, 5) is 44.4. The van der Waals surface area contributed by atoms with Crippen LogP contribution in [0.15, 0.2) is 40.1 Å². The van der Waals surface area contributed by atoms with Crippen LogP contribution in [0.2, 0.25) is 10.0 Å². The third-order valence-corrected chi connectivity index (χ3v) is 8.38. The van der Waals surface area contributed by atoms with Crippen molar-refractivity contribution in [3.63, 3.8) is 0 Å². The summed E-state index contributed by atoms with van der Waals surface area (Å²) in [5, 5.41) is 8.87. The molecular weight excluding hydrogens is 657 g/mol. The van der Waals surface area contributed by atoms with Crippen molar-refractivity contribution < 1.29 is 27.1 Å². The maximum absolute atomic E-state index is 16.0. The maximum atomic E-state index is 16.0. The number of anilines is 1. The highest BCUT2D eigenvalue weighted by molar-refractivity contribution is 6.35. The number of ether oxygens (including phenoxy) is 1. The third kappa shape index (κ3) is 6.86. The summed E-state index contributed by atoms with van der Waals surface area (Å²) in [5.41, 5.74) is -2.02. The number of piperazine rings is 1. The molecule has 11 nitrogen and oxygen atoms in total. The van der Waals surface area contributed by atoms with Gasteiger partial charge in [-0.15, -0.1) is 0 Å². The first-order valence-electron chi connectivity index (χ1n) is 14.0. The second-order valence-electron chi connectivity index (χ2n) is 11.1. The Morgan fingerprint density at radius 2 is 1.85 bits per heavy atom. The molecule has 1 aliphatic rings. The molecule has 2 aromatic carbocycles. The second kappa shape index (κ2) is 13.0.